The van der Waals surface area contributed by atoms with E-state index < -0.39 is 0 Å². The Morgan fingerprint density at radius 2 is 2.29 bits per heavy atom. The smallest absolute Gasteiger partial charge is 0.217 e. The molecule has 6 nitrogen and oxygen atoms in total. The standard InChI is InChI=1S/C5H4N4.C3H7NO/c1-4-5(8-2-6-1)9-3-7-4;1-2-3(4)5/h1-3H,(H,6,7,8,9);2H2,1H3,(H2,4,5). The molecule has 0 aliphatic heterocycles. The topological polar surface area (TPSA) is 97.6 Å². The van der Waals surface area contributed by atoms with Gasteiger partial charge in [-0.3, -0.25) is 4.79 Å². The van der Waals surface area contributed by atoms with E-state index in [1.165, 1.54) is 6.33 Å². The van der Waals surface area contributed by atoms with Crippen LogP contribution in [0.5, 0.6) is 0 Å². The number of hydrogen-bond donors (Lipinski definition) is 2. The summed E-state index contributed by atoms with van der Waals surface area (Å²) >= 11 is 0. The number of rotatable bonds is 1. The lowest BCUT2D eigenvalue weighted by Gasteiger charge is -1.80. The average molecular weight is 193 g/mol. The summed E-state index contributed by atoms with van der Waals surface area (Å²) in [6.07, 6.45) is 5.21. The Kier molecular flexibility index (Phi) is 3.54. The van der Waals surface area contributed by atoms with E-state index in [9.17, 15) is 4.79 Å². The average Bonchev–Trinajstić information content (AvgIpc) is 2.66. The molecule has 2 aromatic rings. The summed E-state index contributed by atoms with van der Waals surface area (Å²) in [5, 5.41) is 0. The molecule has 14 heavy (non-hydrogen) atoms. The third kappa shape index (κ3) is 2.81. The number of hydrogen-bond acceptors (Lipinski definition) is 4. The van der Waals surface area contributed by atoms with Crippen LogP contribution >= 0.6 is 0 Å². The number of nitrogens with one attached hydrogen (secondary N) is 1. The van der Waals surface area contributed by atoms with Gasteiger partial charge in [-0.1, -0.05) is 6.92 Å². The molecule has 0 atom stereocenters. The Hall–Kier alpha value is -1.98. The molecule has 0 aromatic carbocycles. The number of carbonyl (C=O) groups excluding carboxylic acids is 1. The highest BCUT2D eigenvalue weighted by molar-refractivity contribution is 5.73. The van der Waals surface area contributed by atoms with E-state index in [1.807, 2.05) is 0 Å². The maximum Gasteiger partial charge on any atom is 0.217 e. The van der Waals surface area contributed by atoms with Crippen molar-refractivity contribution in [2.24, 2.45) is 5.73 Å². The van der Waals surface area contributed by atoms with Crippen LogP contribution in [0.15, 0.2) is 18.9 Å². The van der Waals surface area contributed by atoms with E-state index in [4.69, 9.17) is 0 Å². The van der Waals surface area contributed by atoms with Crippen LogP contribution < -0.4 is 5.73 Å². The number of nitrogens with two attached hydrogens (primary N) is 1. The molecule has 0 aliphatic carbocycles. The van der Waals surface area contributed by atoms with Gasteiger partial charge in [-0.25, -0.2) is 15.0 Å². The van der Waals surface area contributed by atoms with Crippen LogP contribution in [-0.4, -0.2) is 25.8 Å². The number of aromatic nitrogens is 4. The van der Waals surface area contributed by atoms with Crippen molar-refractivity contribution in [1.29, 1.82) is 0 Å². The van der Waals surface area contributed by atoms with Crippen molar-refractivity contribution in [2.75, 3.05) is 0 Å². The maximum atomic E-state index is 9.59. The van der Waals surface area contributed by atoms with Gasteiger partial charge in [0.25, 0.3) is 0 Å². The zero-order valence-corrected chi connectivity index (χ0v) is 7.77. The van der Waals surface area contributed by atoms with Gasteiger partial charge in [0.1, 0.15) is 11.8 Å². The molecule has 0 fully saturated rings. The van der Waals surface area contributed by atoms with Crippen molar-refractivity contribution in [3.63, 3.8) is 0 Å². The van der Waals surface area contributed by atoms with Crippen LogP contribution in [0, 0.1) is 0 Å². The monoisotopic (exact) mass is 193 g/mol. The molecule has 2 aromatic heterocycles. The van der Waals surface area contributed by atoms with Crippen LogP contribution in [0.4, 0.5) is 0 Å². The summed E-state index contributed by atoms with van der Waals surface area (Å²) in [5.74, 6) is -0.245. The Balaban J connectivity index is 0.000000171. The molecule has 0 spiro atoms. The van der Waals surface area contributed by atoms with Crippen LogP contribution in [0.25, 0.3) is 11.2 Å². The molecule has 2 heterocycles. The molecule has 3 N–H and O–H groups in total. The number of nitrogens with zero attached hydrogens (tertiary/aromatic N) is 3. The summed E-state index contributed by atoms with van der Waals surface area (Å²) in [6, 6.07) is 0. The minimum atomic E-state index is -0.245. The first kappa shape index (κ1) is 10.1. The molecule has 0 radical (unpaired) electrons. The third-order valence-corrected chi connectivity index (χ3v) is 1.45. The van der Waals surface area contributed by atoms with Crippen LogP contribution in [-0.2, 0) is 4.79 Å². The summed E-state index contributed by atoms with van der Waals surface area (Å²) in [6.45, 7) is 1.72. The largest absolute Gasteiger partial charge is 0.370 e. The minimum absolute atomic E-state index is 0.245. The molecular weight excluding hydrogens is 182 g/mol. The SMILES string of the molecule is CCC(N)=O.c1ncc2[nH]cnc2n1. The lowest BCUT2D eigenvalue weighted by atomic mass is 10.5. The highest BCUT2D eigenvalue weighted by Gasteiger charge is 1.91. The molecular formula is C8H11N5O. The summed E-state index contributed by atoms with van der Waals surface area (Å²) in [7, 11) is 0. The van der Waals surface area contributed by atoms with E-state index in [2.05, 4.69) is 25.7 Å². The summed E-state index contributed by atoms with van der Waals surface area (Å²) < 4.78 is 0. The van der Waals surface area contributed by atoms with E-state index in [0.29, 0.717) is 12.1 Å². The second kappa shape index (κ2) is 4.90. The molecule has 1 amide bonds. The number of H-pyrrole nitrogens is 1. The van der Waals surface area contributed by atoms with Crippen molar-refractivity contribution in [3.05, 3.63) is 18.9 Å². The number of primary amides is 1. The quantitative estimate of drug-likeness (QED) is 0.677. The Morgan fingerprint density at radius 3 is 2.86 bits per heavy atom. The molecule has 6 heteroatoms. The van der Waals surface area contributed by atoms with Gasteiger partial charge in [-0.2, -0.15) is 0 Å². The fraction of sp³-hybridized carbons (Fsp3) is 0.250. The zero-order valence-electron chi connectivity index (χ0n) is 7.77. The van der Waals surface area contributed by atoms with Gasteiger partial charge >= 0.3 is 0 Å². The van der Waals surface area contributed by atoms with Crippen molar-refractivity contribution in [2.45, 2.75) is 13.3 Å². The Morgan fingerprint density at radius 1 is 1.57 bits per heavy atom. The Bertz CT molecular complexity index is 381. The first-order valence-electron chi connectivity index (χ1n) is 4.11. The highest BCUT2D eigenvalue weighted by atomic mass is 16.1. The van der Waals surface area contributed by atoms with E-state index in [1.54, 1.807) is 19.4 Å². The lowest BCUT2D eigenvalue weighted by Crippen LogP contribution is -2.06. The van der Waals surface area contributed by atoms with Crippen molar-refractivity contribution >= 4 is 17.1 Å². The van der Waals surface area contributed by atoms with Gasteiger partial charge < -0.3 is 10.7 Å². The molecule has 0 aliphatic rings. The van der Waals surface area contributed by atoms with Gasteiger partial charge in [0, 0.05) is 6.42 Å². The second-order valence-corrected chi connectivity index (χ2v) is 2.48. The number of amides is 1. The van der Waals surface area contributed by atoms with Gasteiger partial charge in [0.05, 0.1) is 12.5 Å². The molecule has 0 bridgehead atoms. The summed E-state index contributed by atoms with van der Waals surface area (Å²) in [4.78, 5) is 24.1. The number of aromatic amines is 1. The van der Waals surface area contributed by atoms with Gasteiger partial charge in [0.2, 0.25) is 5.91 Å². The molecule has 0 unspecified atom stereocenters. The van der Waals surface area contributed by atoms with Gasteiger partial charge in [-0.05, 0) is 0 Å². The van der Waals surface area contributed by atoms with Crippen molar-refractivity contribution < 1.29 is 4.79 Å². The van der Waals surface area contributed by atoms with Crippen molar-refractivity contribution in [1.82, 2.24) is 19.9 Å². The predicted molar refractivity (Wildman–Crippen MR) is 51.2 cm³/mol. The first-order valence-corrected chi connectivity index (χ1v) is 4.11. The Labute approximate surface area is 80.6 Å². The number of imidazole rings is 1. The first-order chi connectivity index (χ1) is 6.74. The minimum Gasteiger partial charge on any atom is -0.370 e. The maximum absolute atomic E-state index is 9.59. The van der Waals surface area contributed by atoms with Crippen LogP contribution in [0.3, 0.4) is 0 Å². The highest BCUT2D eigenvalue weighted by Crippen LogP contribution is 1.99. The normalized spacial score (nSPS) is 9.21. The van der Waals surface area contributed by atoms with E-state index in [-0.39, 0.29) is 5.91 Å². The number of carbonyl (C=O) groups is 1. The fourth-order valence-electron chi connectivity index (χ4n) is 0.691. The van der Waals surface area contributed by atoms with Crippen molar-refractivity contribution in [3.8, 4) is 0 Å². The van der Waals surface area contributed by atoms with E-state index in [0.717, 1.165) is 5.52 Å². The van der Waals surface area contributed by atoms with E-state index >= 15 is 0 Å². The molecule has 0 saturated heterocycles. The fourth-order valence-corrected chi connectivity index (χ4v) is 0.691. The third-order valence-electron chi connectivity index (χ3n) is 1.45. The predicted octanol–water partition coefficient (Wildman–Crippen LogP) is 0.235. The molecule has 2 rings (SSSR count). The summed E-state index contributed by atoms with van der Waals surface area (Å²) in [5.41, 5.74) is 6.24. The second-order valence-electron chi connectivity index (χ2n) is 2.48. The van der Waals surface area contributed by atoms with Gasteiger partial charge in [0.15, 0.2) is 5.65 Å². The zero-order chi connectivity index (χ0) is 10.4. The molecule has 74 valence electrons. The molecule has 0 saturated carbocycles. The van der Waals surface area contributed by atoms with Crippen LogP contribution in [0.1, 0.15) is 13.3 Å². The number of fused-ring (bicyclic) bond motifs is 1. The van der Waals surface area contributed by atoms with Crippen LogP contribution in [0.2, 0.25) is 0 Å². The lowest BCUT2D eigenvalue weighted by molar-refractivity contribution is -0.117. The van der Waals surface area contributed by atoms with Gasteiger partial charge in [-0.15, -0.1) is 0 Å².